The van der Waals surface area contributed by atoms with Gasteiger partial charge in [-0.15, -0.1) is 5.10 Å². The highest BCUT2D eigenvalue weighted by molar-refractivity contribution is 5.92. The average molecular weight is 417 g/mol. The maximum absolute atomic E-state index is 13.5. The molecule has 3 aromatic rings. The van der Waals surface area contributed by atoms with E-state index in [2.05, 4.69) is 10.3 Å². The van der Waals surface area contributed by atoms with Crippen LogP contribution in [-0.2, 0) is 4.79 Å². The van der Waals surface area contributed by atoms with Crippen molar-refractivity contribution in [3.63, 3.8) is 0 Å². The summed E-state index contributed by atoms with van der Waals surface area (Å²) in [6, 6.07) is 19.3. The van der Waals surface area contributed by atoms with E-state index in [4.69, 9.17) is 0 Å². The molecule has 0 bridgehead atoms. The van der Waals surface area contributed by atoms with Crippen molar-refractivity contribution in [3.05, 3.63) is 78.1 Å². The Morgan fingerprint density at radius 2 is 1.68 bits per heavy atom. The second-order valence-corrected chi connectivity index (χ2v) is 8.08. The van der Waals surface area contributed by atoms with Crippen LogP contribution in [0.2, 0.25) is 0 Å². The summed E-state index contributed by atoms with van der Waals surface area (Å²) in [4.78, 5) is 29.1. The first kappa shape index (κ1) is 19.4. The number of nitrogens with zero attached hydrogens (tertiary/aromatic N) is 5. The number of rotatable bonds is 4. The minimum absolute atomic E-state index is 0.117. The van der Waals surface area contributed by atoms with Crippen LogP contribution < -0.4 is 0 Å². The Morgan fingerprint density at radius 1 is 0.968 bits per heavy atom. The van der Waals surface area contributed by atoms with Crippen molar-refractivity contribution in [2.45, 2.75) is 6.04 Å². The second kappa shape index (κ2) is 7.96. The van der Waals surface area contributed by atoms with E-state index in [-0.39, 0.29) is 29.7 Å². The number of carbonyl (C=O) groups excluding carboxylic acids is 2. The Morgan fingerprint density at radius 3 is 2.39 bits per heavy atom. The Hall–Kier alpha value is -3.52. The van der Waals surface area contributed by atoms with Gasteiger partial charge in [-0.2, -0.15) is 0 Å². The maximum Gasteiger partial charge on any atom is 0.276 e. The predicted octanol–water partition coefficient (Wildman–Crippen LogP) is 1.53. The highest BCUT2D eigenvalue weighted by atomic mass is 16.3. The van der Waals surface area contributed by atoms with Crippen LogP contribution in [-0.4, -0.2) is 68.0 Å². The number of aromatic nitrogens is 3. The summed E-state index contributed by atoms with van der Waals surface area (Å²) in [7, 11) is 0. The molecule has 0 radical (unpaired) electrons. The molecule has 2 aliphatic heterocycles. The van der Waals surface area contributed by atoms with Crippen LogP contribution in [0.5, 0.6) is 0 Å². The molecule has 3 heterocycles. The third-order valence-corrected chi connectivity index (χ3v) is 6.29. The fraction of sp³-hybridized carbons (Fsp3) is 0.304. The van der Waals surface area contributed by atoms with Crippen molar-refractivity contribution < 1.29 is 14.7 Å². The van der Waals surface area contributed by atoms with Gasteiger partial charge in [0.15, 0.2) is 5.69 Å². The van der Waals surface area contributed by atoms with E-state index >= 15 is 0 Å². The Bertz CT molecular complexity index is 1080. The molecule has 2 amide bonds. The molecule has 2 fully saturated rings. The van der Waals surface area contributed by atoms with Crippen LogP contribution in [0.25, 0.3) is 5.69 Å². The molecule has 2 aromatic carbocycles. The fourth-order valence-electron chi connectivity index (χ4n) is 4.85. The summed E-state index contributed by atoms with van der Waals surface area (Å²) in [5, 5.41) is 17.5. The number of fused-ring (bicyclic) bond motifs is 1. The molecule has 5 rings (SSSR count). The number of para-hydroxylation sites is 1. The van der Waals surface area contributed by atoms with Crippen LogP contribution in [0.1, 0.15) is 22.1 Å². The van der Waals surface area contributed by atoms with Gasteiger partial charge in [0.05, 0.1) is 17.9 Å². The minimum atomic E-state index is -0.485. The van der Waals surface area contributed by atoms with Crippen molar-refractivity contribution in [2.24, 2.45) is 11.8 Å². The van der Waals surface area contributed by atoms with Crippen LogP contribution in [0, 0.1) is 11.8 Å². The van der Waals surface area contributed by atoms with Crippen molar-refractivity contribution in [3.8, 4) is 5.69 Å². The molecule has 0 saturated carbocycles. The second-order valence-electron chi connectivity index (χ2n) is 8.08. The van der Waals surface area contributed by atoms with Gasteiger partial charge in [-0.05, 0) is 17.7 Å². The third-order valence-electron chi connectivity index (χ3n) is 6.29. The summed E-state index contributed by atoms with van der Waals surface area (Å²) >= 11 is 0. The number of likely N-dealkylation sites (tertiary alicyclic amines) is 2. The van der Waals surface area contributed by atoms with Gasteiger partial charge in [0.2, 0.25) is 5.91 Å². The number of carbonyl (C=O) groups is 2. The van der Waals surface area contributed by atoms with Crippen LogP contribution >= 0.6 is 0 Å². The molecule has 1 aromatic heterocycles. The van der Waals surface area contributed by atoms with E-state index in [1.165, 1.54) is 0 Å². The maximum atomic E-state index is 13.5. The predicted molar refractivity (Wildman–Crippen MR) is 112 cm³/mol. The Labute approximate surface area is 179 Å². The molecular weight excluding hydrogens is 394 g/mol. The first-order chi connectivity index (χ1) is 15.2. The zero-order valence-corrected chi connectivity index (χ0v) is 16.9. The molecule has 3 atom stereocenters. The number of amides is 2. The summed E-state index contributed by atoms with van der Waals surface area (Å²) < 4.78 is 1.60. The molecular formula is C23H23N5O3. The van der Waals surface area contributed by atoms with Gasteiger partial charge in [0.25, 0.3) is 5.91 Å². The van der Waals surface area contributed by atoms with Gasteiger partial charge in [-0.1, -0.05) is 53.7 Å². The molecule has 2 saturated heterocycles. The molecule has 8 heteroatoms. The number of benzene rings is 2. The van der Waals surface area contributed by atoms with Gasteiger partial charge in [0, 0.05) is 31.5 Å². The average Bonchev–Trinajstić information content (AvgIpc) is 3.54. The monoisotopic (exact) mass is 417 g/mol. The molecule has 31 heavy (non-hydrogen) atoms. The van der Waals surface area contributed by atoms with E-state index in [0.29, 0.717) is 25.3 Å². The first-order valence-electron chi connectivity index (χ1n) is 10.4. The first-order valence-corrected chi connectivity index (χ1v) is 10.4. The number of aliphatic hydroxyl groups is 1. The zero-order valence-electron chi connectivity index (χ0n) is 16.9. The number of aliphatic hydroxyl groups excluding tert-OH is 1. The van der Waals surface area contributed by atoms with Gasteiger partial charge < -0.3 is 14.9 Å². The quantitative estimate of drug-likeness (QED) is 0.695. The van der Waals surface area contributed by atoms with Crippen molar-refractivity contribution in [1.29, 1.82) is 0 Å². The molecule has 1 N–H and O–H groups in total. The highest BCUT2D eigenvalue weighted by Gasteiger charge is 2.50. The zero-order chi connectivity index (χ0) is 21.4. The summed E-state index contributed by atoms with van der Waals surface area (Å²) in [6.45, 7) is 1.13. The van der Waals surface area contributed by atoms with E-state index in [0.717, 1.165) is 11.3 Å². The largest absolute Gasteiger partial charge is 0.387 e. The fourth-order valence-corrected chi connectivity index (χ4v) is 4.85. The van der Waals surface area contributed by atoms with E-state index in [9.17, 15) is 14.7 Å². The van der Waals surface area contributed by atoms with Crippen LogP contribution in [0.15, 0.2) is 66.9 Å². The topological polar surface area (TPSA) is 91.6 Å². The Kier molecular flexibility index (Phi) is 4.99. The van der Waals surface area contributed by atoms with Gasteiger partial charge in [-0.3, -0.25) is 9.59 Å². The third kappa shape index (κ3) is 3.48. The normalized spacial score (nSPS) is 22.5. The number of hydrogen-bond donors (Lipinski definition) is 1. The van der Waals surface area contributed by atoms with Crippen molar-refractivity contribution in [2.75, 3.05) is 26.2 Å². The highest BCUT2D eigenvalue weighted by Crippen LogP contribution is 2.45. The molecule has 8 nitrogen and oxygen atoms in total. The standard InChI is InChI=1S/C23H23N5O3/c29-15-21(30)26-11-17-12-27(22(19(17)13-26)16-7-3-1-4-8-16)23(31)20-14-28(25-24-20)18-9-5-2-6-10-18/h1-10,14,17,19,22,29H,11-13,15H2/t17-,19-,22+/m0/s1. The summed E-state index contributed by atoms with van der Waals surface area (Å²) in [6.07, 6.45) is 1.66. The van der Waals surface area contributed by atoms with E-state index < -0.39 is 6.61 Å². The lowest BCUT2D eigenvalue weighted by molar-refractivity contribution is -0.133. The SMILES string of the molecule is O=C(CO)N1C[C@H]2CN(C(=O)c3cn(-c4ccccc4)nn3)[C@H](c3ccccc3)[C@H]2C1. The van der Waals surface area contributed by atoms with Crippen molar-refractivity contribution >= 4 is 11.8 Å². The lowest BCUT2D eigenvalue weighted by atomic mass is 9.89. The Balaban J connectivity index is 1.44. The molecule has 0 unspecified atom stereocenters. The molecule has 2 aliphatic rings. The summed E-state index contributed by atoms with van der Waals surface area (Å²) in [5.74, 6) is -0.143. The molecule has 158 valence electrons. The van der Waals surface area contributed by atoms with Gasteiger partial charge in [0.1, 0.15) is 6.61 Å². The van der Waals surface area contributed by atoms with E-state index in [1.54, 1.807) is 15.8 Å². The summed E-state index contributed by atoms with van der Waals surface area (Å²) in [5.41, 5.74) is 2.18. The van der Waals surface area contributed by atoms with E-state index in [1.807, 2.05) is 65.6 Å². The van der Waals surface area contributed by atoms with Crippen molar-refractivity contribution in [1.82, 2.24) is 24.8 Å². The van der Waals surface area contributed by atoms with Gasteiger partial charge in [-0.25, -0.2) is 4.68 Å². The smallest absolute Gasteiger partial charge is 0.276 e. The lowest BCUT2D eigenvalue weighted by Crippen LogP contribution is -2.38. The van der Waals surface area contributed by atoms with Crippen LogP contribution in [0.3, 0.4) is 0 Å². The molecule has 0 spiro atoms. The molecule has 0 aliphatic carbocycles. The number of hydrogen-bond acceptors (Lipinski definition) is 5. The van der Waals surface area contributed by atoms with Crippen LogP contribution in [0.4, 0.5) is 0 Å². The lowest BCUT2D eigenvalue weighted by Gasteiger charge is -2.29. The van der Waals surface area contributed by atoms with Gasteiger partial charge >= 0.3 is 0 Å². The minimum Gasteiger partial charge on any atom is -0.387 e.